The van der Waals surface area contributed by atoms with Crippen LogP contribution < -0.4 is 10.6 Å². The highest BCUT2D eigenvalue weighted by atomic mass is 15.1. The number of rotatable bonds is 3. The Hall–Kier alpha value is -1.80. The molecule has 2 N–H and O–H groups in total. The molecule has 1 atom stereocenters. The van der Waals surface area contributed by atoms with Crippen molar-refractivity contribution in [2.75, 3.05) is 19.0 Å². The second-order valence-corrected chi connectivity index (χ2v) is 4.88. The molecule has 0 radical (unpaired) electrons. The molecule has 2 nitrogen and oxygen atoms in total. The van der Waals surface area contributed by atoms with E-state index in [0.717, 1.165) is 11.1 Å². The van der Waals surface area contributed by atoms with Crippen molar-refractivity contribution in [2.24, 2.45) is 5.73 Å². The summed E-state index contributed by atoms with van der Waals surface area (Å²) in [6.45, 7) is 2.09. The molecule has 0 aliphatic carbocycles. The summed E-state index contributed by atoms with van der Waals surface area (Å²) in [5, 5.41) is 0. The van der Waals surface area contributed by atoms with Gasteiger partial charge < -0.3 is 10.6 Å². The summed E-state index contributed by atoms with van der Waals surface area (Å²) in [5.41, 5.74) is 11.0. The number of benzene rings is 2. The molecule has 0 saturated heterocycles. The van der Waals surface area contributed by atoms with E-state index in [2.05, 4.69) is 60.4 Å². The molecule has 0 aromatic heterocycles. The Morgan fingerprint density at radius 1 is 0.944 bits per heavy atom. The summed E-state index contributed by atoms with van der Waals surface area (Å²) >= 11 is 0. The van der Waals surface area contributed by atoms with E-state index in [4.69, 9.17) is 5.73 Å². The first-order valence-electron chi connectivity index (χ1n) is 6.17. The number of anilines is 1. The van der Waals surface area contributed by atoms with E-state index < -0.39 is 0 Å². The summed E-state index contributed by atoms with van der Waals surface area (Å²) in [5.74, 6) is 0. The van der Waals surface area contributed by atoms with Crippen molar-refractivity contribution < 1.29 is 0 Å². The van der Waals surface area contributed by atoms with Crippen LogP contribution in [0.3, 0.4) is 0 Å². The van der Waals surface area contributed by atoms with Gasteiger partial charge >= 0.3 is 0 Å². The van der Waals surface area contributed by atoms with E-state index in [1.165, 1.54) is 11.3 Å². The fraction of sp³-hybridized carbons (Fsp3) is 0.250. The van der Waals surface area contributed by atoms with Gasteiger partial charge in [0.1, 0.15) is 0 Å². The molecule has 94 valence electrons. The van der Waals surface area contributed by atoms with Gasteiger partial charge in [-0.1, -0.05) is 42.0 Å². The van der Waals surface area contributed by atoms with Crippen LogP contribution in [0.2, 0.25) is 0 Å². The number of hydrogen-bond donors (Lipinski definition) is 1. The summed E-state index contributed by atoms with van der Waals surface area (Å²) in [7, 11) is 4.08. The summed E-state index contributed by atoms with van der Waals surface area (Å²) < 4.78 is 0. The summed E-state index contributed by atoms with van der Waals surface area (Å²) in [4.78, 5) is 2.09. The minimum Gasteiger partial charge on any atom is -0.378 e. The van der Waals surface area contributed by atoms with Crippen molar-refractivity contribution in [2.45, 2.75) is 13.0 Å². The zero-order valence-corrected chi connectivity index (χ0v) is 11.2. The smallest absolute Gasteiger partial charge is 0.0552 e. The lowest BCUT2D eigenvalue weighted by Crippen LogP contribution is -2.14. The second kappa shape index (κ2) is 5.23. The van der Waals surface area contributed by atoms with E-state index in [9.17, 15) is 0 Å². The molecule has 2 heteroatoms. The molecule has 2 aromatic carbocycles. The van der Waals surface area contributed by atoms with E-state index in [0.29, 0.717) is 0 Å². The molecule has 0 aliphatic heterocycles. The minimum atomic E-state index is -0.0644. The molecular formula is C16H20N2. The van der Waals surface area contributed by atoms with Crippen LogP contribution in [0.15, 0.2) is 48.5 Å². The molecule has 0 heterocycles. The van der Waals surface area contributed by atoms with Gasteiger partial charge in [0, 0.05) is 19.8 Å². The first-order chi connectivity index (χ1) is 8.58. The first-order valence-corrected chi connectivity index (χ1v) is 6.17. The Morgan fingerprint density at radius 3 is 2.22 bits per heavy atom. The summed E-state index contributed by atoms with van der Waals surface area (Å²) in [6.07, 6.45) is 0. The van der Waals surface area contributed by atoms with Gasteiger partial charge in [0.15, 0.2) is 0 Å². The highest BCUT2D eigenvalue weighted by Crippen LogP contribution is 2.23. The molecule has 0 bridgehead atoms. The molecule has 18 heavy (non-hydrogen) atoms. The lowest BCUT2D eigenvalue weighted by atomic mass is 9.98. The molecule has 0 fully saturated rings. The van der Waals surface area contributed by atoms with Crippen LogP contribution in [0.1, 0.15) is 22.7 Å². The van der Waals surface area contributed by atoms with Crippen molar-refractivity contribution in [3.05, 3.63) is 65.2 Å². The van der Waals surface area contributed by atoms with Crippen molar-refractivity contribution in [1.82, 2.24) is 0 Å². The van der Waals surface area contributed by atoms with Gasteiger partial charge in [-0.3, -0.25) is 0 Å². The van der Waals surface area contributed by atoms with Gasteiger partial charge in [-0.2, -0.15) is 0 Å². The molecule has 0 spiro atoms. The Labute approximate surface area is 109 Å². The van der Waals surface area contributed by atoms with Crippen molar-refractivity contribution in [1.29, 1.82) is 0 Å². The fourth-order valence-electron chi connectivity index (χ4n) is 1.96. The van der Waals surface area contributed by atoms with Crippen molar-refractivity contribution in [3.8, 4) is 0 Å². The van der Waals surface area contributed by atoms with Crippen molar-refractivity contribution in [3.63, 3.8) is 0 Å². The Bertz CT molecular complexity index is 515. The number of aryl methyl sites for hydroxylation is 1. The topological polar surface area (TPSA) is 29.3 Å². The molecule has 2 aromatic rings. The van der Waals surface area contributed by atoms with Crippen LogP contribution in [0.4, 0.5) is 5.69 Å². The highest BCUT2D eigenvalue weighted by molar-refractivity contribution is 5.49. The zero-order chi connectivity index (χ0) is 13.1. The SMILES string of the molecule is Cc1ccc(C(N)c2cccc(N(C)C)c2)cc1. The standard InChI is InChI=1S/C16H20N2/c1-12-7-9-13(10-8-12)16(17)14-5-4-6-15(11-14)18(2)3/h4-11,16H,17H2,1-3H3. The van der Waals surface area contributed by atoms with E-state index in [1.807, 2.05) is 14.1 Å². The Balaban J connectivity index is 2.30. The maximum atomic E-state index is 6.32. The fourth-order valence-corrected chi connectivity index (χ4v) is 1.96. The number of nitrogens with two attached hydrogens (primary N) is 1. The normalized spacial score (nSPS) is 12.2. The summed E-state index contributed by atoms with van der Waals surface area (Å²) in [6, 6.07) is 16.7. The maximum Gasteiger partial charge on any atom is 0.0552 e. The maximum absolute atomic E-state index is 6.32. The molecule has 0 saturated carbocycles. The molecule has 0 aliphatic rings. The van der Waals surface area contributed by atoms with E-state index in [-0.39, 0.29) is 6.04 Å². The minimum absolute atomic E-state index is 0.0644. The molecule has 2 rings (SSSR count). The van der Waals surface area contributed by atoms with E-state index >= 15 is 0 Å². The van der Waals surface area contributed by atoms with Gasteiger partial charge in [-0.05, 0) is 30.2 Å². The monoisotopic (exact) mass is 240 g/mol. The van der Waals surface area contributed by atoms with Crippen LogP contribution in [0.25, 0.3) is 0 Å². The van der Waals surface area contributed by atoms with Crippen LogP contribution in [-0.4, -0.2) is 14.1 Å². The van der Waals surface area contributed by atoms with Gasteiger partial charge in [0.2, 0.25) is 0 Å². The van der Waals surface area contributed by atoms with Crippen molar-refractivity contribution >= 4 is 5.69 Å². The number of nitrogens with zero attached hydrogens (tertiary/aromatic N) is 1. The van der Waals surface area contributed by atoms with Crippen LogP contribution in [0.5, 0.6) is 0 Å². The Morgan fingerprint density at radius 2 is 1.61 bits per heavy atom. The Kier molecular flexibility index (Phi) is 3.68. The number of hydrogen-bond acceptors (Lipinski definition) is 2. The average molecular weight is 240 g/mol. The lowest BCUT2D eigenvalue weighted by Gasteiger charge is -2.17. The third-order valence-corrected chi connectivity index (χ3v) is 3.18. The quantitative estimate of drug-likeness (QED) is 0.893. The van der Waals surface area contributed by atoms with Gasteiger partial charge in [-0.15, -0.1) is 0 Å². The van der Waals surface area contributed by atoms with Crippen LogP contribution in [-0.2, 0) is 0 Å². The molecular weight excluding hydrogens is 220 g/mol. The van der Waals surface area contributed by atoms with Gasteiger partial charge in [0.05, 0.1) is 6.04 Å². The zero-order valence-electron chi connectivity index (χ0n) is 11.2. The van der Waals surface area contributed by atoms with E-state index in [1.54, 1.807) is 0 Å². The largest absolute Gasteiger partial charge is 0.378 e. The van der Waals surface area contributed by atoms with Gasteiger partial charge in [-0.25, -0.2) is 0 Å². The predicted octanol–water partition coefficient (Wildman–Crippen LogP) is 3.11. The van der Waals surface area contributed by atoms with Gasteiger partial charge in [0.25, 0.3) is 0 Å². The molecule has 0 amide bonds. The third-order valence-electron chi connectivity index (χ3n) is 3.18. The molecule has 1 unspecified atom stereocenters. The average Bonchev–Trinajstić information content (AvgIpc) is 2.39. The highest BCUT2D eigenvalue weighted by Gasteiger charge is 2.09. The second-order valence-electron chi connectivity index (χ2n) is 4.88. The van der Waals surface area contributed by atoms with Crippen LogP contribution in [0, 0.1) is 6.92 Å². The predicted molar refractivity (Wildman–Crippen MR) is 78.0 cm³/mol. The van der Waals surface area contributed by atoms with Crippen LogP contribution >= 0.6 is 0 Å². The third kappa shape index (κ3) is 2.71. The lowest BCUT2D eigenvalue weighted by molar-refractivity contribution is 0.869. The first kappa shape index (κ1) is 12.7.